The van der Waals surface area contributed by atoms with Gasteiger partial charge in [-0.15, -0.1) is 0 Å². The smallest absolute Gasteiger partial charge is 0.327 e. The lowest BCUT2D eigenvalue weighted by atomic mass is 10.1. The summed E-state index contributed by atoms with van der Waals surface area (Å²) in [6.07, 6.45) is 5.12. The fourth-order valence-corrected chi connectivity index (χ4v) is 2.91. The van der Waals surface area contributed by atoms with Gasteiger partial charge in [0, 0.05) is 18.7 Å². The first-order valence-corrected chi connectivity index (χ1v) is 7.54. The topological polar surface area (TPSA) is 69.6 Å². The molecule has 0 saturated heterocycles. The summed E-state index contributed by atoms with van der Waals surface area (Å²) in [5, 5.41) is 12.2. The van der Waals surface area contributed by atoms with E-state index in [1.165, 1.54) is 17.7 Å². The number of nitrogens with one attached hydrogen (secondary N) is 1. The second-order valence-electron chi connectivity index (χ2n) is 5.87. The van der Waals surface area contributed by atoms with E-state index in [1.54, 1.807) is 0 Å². The number of aliphatic carboxylic acids is 1. The minimum Gasteiger partial charge on any atom is -0.480 e. The van der Waals surface area contributed by atoms with E-state index in [0.29, 0.717) is 18.7 Å². The molecule has 112 valence electrons. The zero-order valence-electron chi connectivity index (χ0n) is 11.9. The molecule has 1 fully saturated rings. The lowest BCUT2D eigenvalue weighted by Crippen LogP contribution is -2.48. The molecule has 1 aliphatic carbocycles. The number of hydrogen-bond donors (Lipinski definition) is 2. The van der Waals surface area contributed by atoms with Gasteiger partial charge in [-0.3, -0.25) is 4.90 Å². The summed E-state index contributed by atoms with van der Waals surface area (Å²) in [6, 6.07) is 6.29. The summed E-state index contributed by atoms with van der Waals surface area (Å²) in [5.74, 6) is -0.111. The molecular formula is C16H20N2O3. The Morgan fingerprint density at radius 2 is 2.05 bits per heavy atom. The molecule has 0 bridgehead atoms. The van der Waals surface area contributed by atoms with Gasteiger partial charge in [0.2, 0.25) is 0 Å². The number of anilines is 1. The quantitative estimate of drug-likeness (QED) is 0.817. The van der Waals surface area contributed by atoms with Crippen molar-refractivity contribution in [3.63, 3.8) is 0 Å². The van der Waals surface area contributed by atoms with Crippen LogP contribution in [0, 0.1) is 5.92 Å². The summed E-state index contributed by atoms with van der Waals surface area (Å²) >= 11 is 0. The largest absolute Gasteiger partial charge is 0.480 e. The van der Waals surface area contributed by atoms with Crippen molar-refractivity contribution in [1.82, 2.24) is 5.32 Å². The molecular weight excluding hydrogens is 268 g/mol. The van der Waals surface area contributed by atoms with Crippen LogP contribution in [0.15, 0.2) is 24.3 Å². The third kappa shape index (κ3) is 3.01. The molecule has 1 aromatic carbocycles. The van der Waals surface area contributed by atoms with Crippen LogP contribution in [0.25, 0.3) is 0 Å². The predicted molar refractivity (Wildman–Crippen MR) is 79.4 cm³/mol. The zero-order valence-corrected chi connectivity index (χ0v) is 11.9. The number of fused-ring (bicyclic) bond motifs is 1. The third-order valence-corrected chi connectivity index (χ3v) is 4.24. The van der Waals surface area contributed by atoms with Gasteiger partial charge in [-0.2, -0.15) is 0 Å². The summed E-state index contributed by atoms with van der Waals surface area (Å²) in [4.78, 5) is 25.1. The van der Waals surface area contributed by atoms with Gasteiger partial charge >= 0.3 is 12.0 Å². The Hall–Kier alpha value is -2.04. The molecule has 3 rings (SSSR count). The van der Waals surface area contributed by atoms with Gasteiger partial charge < -0.3 is 10.4 Å². The Morgan fingerprint density at radius 1 is 1.29 bits per heavy atom. The van der Waals surface area contributed by atoms with E-state index in [1.807, 2.05) is 24.3 Å². The van der Waals surface area contributed by atoms with Crippen molar-refractivity contribution in [2.24, 2.45) is 5.92 Å². The van der Waals surface area contributed by atoms with E-state index < -0.39 is 12.0 Å². The van der Waals surface area contributed by atoms with E-state index in [9.17, 15) is 14.7 Å². The molecule has 21 heavy (non-hydrogen) atoms. The average Bonchev–Trinajstić information content (AvgIpc) is 3.20. The van der Waals surface area contributed by atoms with Crippen molar-refractivity contribution in [1.29, 1.82) is 0 Å². The van der Waals surface area contributed by atoms with Gasteiger partial charge in [-0.25, -0.2) is 9.59 Å². The first-order valence-electron chi connectivity index (χ1n) is 7.54. The highest BCUT2D eigenvalue weighted by atomic mass is 16.4. The van der Waals surface area contributed by atoms with E-state index >= 15 is 0 Å². The van der Waals surface area contributed by atoms with Crippen molar-refractivity contribution >= 4 is 17.7 Å². The first-order chi connectivity index (χ1) is 10.2. The van der Waals surface area contributed by atoms with Gasteiger partial charge in [-0.05, 0) is 30.4 Å². The Bertz CT molecular complexity index is 554. The molecule has 1 heterocycles. The molecule has 1 aliphatic heterocycles. The summed E-state index contributed by atoms with van der Waals surface area (Å²) in [5.41, 5.74) is 1.63. The van der Waals surface area contributed by atoms with Crippen LogP contribution >= 0.6 is 0 Å². The fraction of sp³-hybridized carbons (Fsp3) is 0.500. The third-order valence-electron chi connectivity index (χ3n) is 4.24. The van der Waals surface area contributed by atoms with E-state index in [4.69, 9.17) is 0 Å². The molecule has 2 amide bonds. The standard InChI is InChI=1S/C16H20N2O3/c19-15(20)14-10-12-5-1-2-6-13(12)18(14)16(21)17-9-3-4-11-7-8-11/h1-2,5-6,11,14H,3-4,7-10H2,(H,17,21)(H,19,20). The lowest BCUT2D eigenvalue weighted by molar-refractivity contribution is -0.138. The Morgan fingerprint density at radius 3 is 2.76 bits per heavy atom. The van der Waals surface area contributed by atoms with E-state index in [0.717, 1.165) is 24.3 Å². The Balaban J connectivity index is 1.64. The van der Waals surface area contributed by atoms with Gasteiger partial charge in [0.25, 0.3) is 0 Å². The maximum atomic E-state index is 12.3. The molecule has 0 radical (unpaired) electrons. The highest BCUT2D eigenvalue weighted by Gasteiger charge is 2.38. The van der Waals surface area contributed by atoms with Crippen LogP contribution in [0.5, 0.6) is 0 Å². The normalized spacial score (nSPS) is 20.2. The molecule has 5 heteroatoms. The number of benzene rings is 1. The molecule has 0 aromatic heterocycles. The molecule has 1 aromatic rings. The van der Waals surface area contributed by atoms with E-state index in [2.05, 4.69) is 5.32 Å². The minimum atomic E-state index is -0.959. The maximum Gasteiger partial charge on any atom is 0.327 e. The van der Waals surface area contributed by atoms with Crippen LogP contribution < -0.4 is 10.2 Å². The summed E-state index contributed by atoms with van der Waals surface area (Å²) in [6.45, 7) is 0.611. The van der Waals surface area contributed by atoms with Gasteiger partial charge in [0.1, 0.15) is 6.04 Å². The van der Waals surface area contributed by atoms with Crippen molar-refractivity contribution in [3.05, 3.63) is 29.8 Å². The van der Waals surface area contributed by atoms with Crippen LogP contribution in [0.1, 0.15) is 31.2 Å². The highest BCUT2D eigenvalue weighted by molar-refractivity contribution is 6.01. The van der Waals surface area contributed by atoms with Crippen molar-refractivity contribution in [2.45, 2.75) is 38.1 Å². The Kier molecular flexibility index (Phi) is 3.82. The number of hydrogen-bond acceptors (Lipinski definition) is 2. The highest BCUT2D eigenvalue weighted by Crippen LogP contribution is 2.33. The van der Waals surface area contributed by atoms with Gasteiger partial charge in [-0.1, -0.05) is 31.0 Å². The van der Waals surface area contributed by atoms with Crippen molar-refractivity contribution in [3.8, 4) is 0 Å². The number of amides is 2. The van der Waals surface area contributed by atoms with Crippen LogP contribution in [0.3, 0.4) is 0 Å². The van der Waals surface area contributed by atoms with Crippen molar-refractivity contribution in [2.75, 3.05) is 11.4 Å². The van der Waals surface area contributed by atoms with E-state index in [-0.39, 0.29) is 6.03 Å². The van der Waals surface area contributed by atoms with Gasteiger partial charge in [0.05, 0.1) is 0 Å². The number of carbonyl (C=O) groups is 2. The zero-order chi connectivity index (χ0) is 14.8. The molecule has 1 atom stereocenters. The lowest BCUT2D eigenvalue weighted by Gasteiger charge is -2.23. The maximum absolute atomic E-state index is 12.3. The SMILES string of the molecule is O=C(O)C1Cc2ccccc2N1C(=O)NCCCC1CC1. The number of carboxylic acid groups (broad SMARTS) is 1. The summed E-state index contributed by atoms with van der Waals surface area (Å²) < 4.78 is 0. The molecule has 2 aliphatic rings. The van der Waals surface area contributed by atoms with Gasteiger partial charge in [0.15, 0.2) is 0 Å². The monoisotopic (exact) mass is 288 g/mol. The van der Waals surface area contributed by atoms with Crippen LogP contribution in [0.2, 0.25) is 0 Å². The molecule has 5 nitrogen and oxygen atoms in total. The number of para-hydroxylation sites is 1. The predicted octanol–water partition coefficient (Wildman–Crippen LogP) is 2.40. The van der Waals surface area contributed by atoms with Crippen LogP contribution in [-0.2, 0) is 11.2 Å². The number of urea groups is 1. The molecule has 1 saturated carbocycles. The molecule has 1 unspecified atom stereocenters. The fourth-order valence-electron chi connectivity index (χ4n) is 2.91. The number of carboxylic acids is 1. The second-order valence-corrected chi connectivity index (χ2v) is 5.87. The number of rotatable bonds is 5. The number of carbonyl (C=O) groups excluding carboxylic acids is 1. The number of nitrogens with zero attached hydrogens (tertiary/aromatic N) is 1. The second kappa shape index (κ2) is 5.76. The first kappa shape index (κ1) is 13.9. The molecule has 0 spiro atoms. The van der Waals surface area contributed by atoms with Crippen molar-refractivity contribution < 1.29 is 14.7 Å². The molecule has 2 N–H and O–H groups in total. The Labute approximate surface area is 123 Å². The van der Waals surface area contributed by atoms with Crippen LogP contribution in [0.4, 0.5) is 10.5 Å². The average molecular weight is 288 g/mol. The van der Waals surface area contributed by atoms with Crippen LogP contribution in [-0.4, -0.2) is 29.7 Å². The summed E-state index contributed by atoms with van der Waals surface area (Å²) in [7, 11) is 0. The minimum absolute atomic E-state index is 0.303.